The van der Waals surface area contributed by atoms with Gasteiger partial charge in [-0.05, 0) is 18.9 Å². The molecule has 0 spiro atoms. The smallest absolute Gasteiger partial charge is 0.292 e. The Morgan fingerprint density at radius 3 is 2.73 bits per heavy atom. The van der Waals surface area contributed by atoms with Crippen molar-refractivity contribution in [2.45, 2.75) is 44.6 Å². The normalized spacial score (nSPS) is 15.6. The summed E-state index contributed by atoms with van der Waals surface area (Å²) >= 11 is 0. The van der Waals surface area contributed by atoms with Gasteiger partial charge >= 0.3 is 0 Å². The average molecular weight is 359 g/mol. The van der Waals surface area contributed by atoms with Crippen molar-refractivity contribution in [1.82, 2.24) is 15.5 Å². The minimum atomic E-state index is -0.576. The lowest BCUT2D eigenvalue weighted by molar-refractivity contribution is -0.384. The van der Waals surface area contributed by atoms with Crippen LogP contribution in [0.4, 0.5) is 11.4 Å². The van der Waals surface area contributed by atoms with Crippen LogP contribution in [-0.4, -0.2) is 27.5 Å². The molecular weight excluding hydrogens is 338 g/mol. The van der Waals surface area contributed by atoms with E-state index in [0.717, 1.165) is 25.7 Å². The summed E-state index contributed by atoms with van der Waals surface area (Å²) in [6.45, 7) is 2.01. The second-order valence-corrected chi connectivity index (χ2v) is 6.43. The zero-order valence-electron chi connectivity index (χ0n) is 14.5. The molecule has 2 aromatic rings. The molecule has 0 atom stereocenters. The fraction of sp³-hybridized carbons (Fsp3) is 0.471. The summed E-state index contributed by atoms with van der Waals surface area (Å²) in [7, 11) is 0. The Morgan fingerprint density at radius 1 is 1.35 bits per heavy atom. The number of para-hydroxylation sites is 2. The lowest BCUT2D eigenvalue weighted by Gasteiger charge is -2.26. The van der Waals surface area contributed by atoms with Crippen molar-refractivity contribution in [3.63, 3.8) is 0 Å². The zero-order chi connectivity index (χ0) is 18.6. The molecule has 9 nitrogen and oxygen atoms in total. The van der Waals surface area contributed by atoms with Crippen LogP contribution in [0, 0.1) is 17.0 Å². The average Bonchev–Trinajstić information content (AvgIpc) is 3.25. The van der Waals surface area contributed by atoms with Gasteiger partial charge in [0.1, 0.15) is 11.2 Å². The maximum absolute atomic E-state index is 12.4. The molecule has 1 aliphatic rings. The van der Waals surface area contributed by atoms with Crippen molar-refractivity contribution in [1.29, 1.82) is 0 Å². The quantitative estimate of drug-likeness (QED) is 0.575. The summed E-state index contributed by atoms with van der Waals surface area (Å²) in [4.78, 5) is 27.3. The standard InChI is InChI=1S/C17H21N5O4/c1-12-19-16(21-26-12)17(9-4-5-10-17)20-15(23)8-11-18-13-6-2-3-7-14(13)22(24)25/h2-3,6-7,18H,4-5,8-11H2,1H3,(H,20,23). The van der Waals surface area contributed by atoms with Gasteiger partial charge in [-0.1, -0.05) is 30.1 Å². The van der Waals surface area contributed by atoms with Crippen molar-refractivity contribution in [2.24, 2.45) is 0 Å². The number of carbonyl (C=O) groups excluding carboxylic acids is 1. The van der Waals surface area contributed by atoms with Gasteiger partial charge in [0.05, 0.1) is 4.92 Å². The first-order chi connectivity index (χ1) is 12.5. The molecule has 26 heavy (non-hydrogen) atoms. The highest BCUT2D eigenvalue weighted by molar-refractivity contribution is 5.77. The fourth-order valence-electron chi connectivity index (χ4n) is 3.30. The number of aromatic nitrogens is 2. The van der Waals surface area contributed by atoms with E-state index >= 15 is 0 Å². The molecule has 1 saturated carbocycles. The van der Waals surface area contributed by atoms with Gasteiger partial charge in [0.15, 0.2) is 5.82 Å². The maximum atomic E-state index is 12.4. The molecule has 9 heteroatoms. The molecule has 138 valence electrons. The van der Waals surface area contributed by atoms with Crippen LogP contribution in [-0.2, 0) is 10.3 Å². The van der Waals surface area contributed by atoms with Crippen molar-refractivity contribution in [3.05, 3.63) is 46.1 Å². The monoisotopic (exact) mass is 359 g/mol. The highest BCUT2D eigenvalue weighted by Gasteiger charge is 2.41. The van der Waals surface area contributed by atoms with E-state index in [2.05, 4.69) is 20.8 Å². The van der Waals surface area contributed by atoms with Crippen LogP contribution in [0.2, 0.25) is 0 Å². The highest BCUT2D eigenvalue weighted by Crippen LogP contribution is 2.37. The van der Waals surface area contributed by atoms with Crippen LogP contribution in [0.25, 0.3) is 0 Å². The fourth-order valence-corrected chi connectivity index (χ4v) is 3.30. The van der Waals surface area contributed by atoms with Gasteiger partial charge in [0.2, 0.25) is 11.8 Å². The van der Waals surface area contributed by atoms with Gasteiger partial charge in [-0.25, -0.2) is 0 Å². The Labute approximate surface area is 150 Å². The molecular formula is C17H21N5O4. The molecule has 0 unspecified atom stereocenters. The van der Waals surface area contributed by atoms with E-state index in [4.69, 9.17) is 4.52 Å². The number of nitrogens with zero attached hydrogens (tertiary/aromatic N) is 3. The van der Waals surface area contributed by atoms with Crippen molar-refractivity contribution >= 4 is 17.3 Å². The first kappa shape index (κ1) is 17.8. The molecule has 0 saturated heterocycles. The lowest BCUT2D eigenvalue weighted by atomic mass is 9.96. The first-order valence-corrected chi connectivity index (χ1v) is 8.59. The van der Waals surface area contributed by atoms with Crippen molar-refractivity contribution in [2.75, 3.05) is 11.9 Å². The number of anilines is 1. The first-order valence-electron chi connectivity index (χ1n) is 8.59. The van der Waals surface area contributed by atoms with E-state index in [1.807, 2.05) is 0 Å². The zero-order valence-corrected chi connectivity index (χ0v) is 14.5. The summed E-state index contributed by atoms with van der Waals surface area (Å²) in [5.41, 5.74) is -0.190. The summed E-state index contributed by atoms with van der Waals surface area (Å²) in [5, 5.41) is 21.0. The van der Waals surface area contributed by atoms with Crippen LogP contribution in [0.15, 0.2) is 28.8 Å². The minimum absolute atomic E-state index is 0.0116. The summed E-state index contributed by atoms with van der Waals surface area (Å²) in [6.07, 6.45) is 3.71. The van der Waals surface area contributed by atoms with E-state index in [0.29, 0.717) is 17.4 Å². The molecule has 2 N–H and O–H groups in total. The van der Waals surface area contributed by atoms with E-state index in [9.17, 15) is 14.9 Å². The summed E-state index contributed by atoms with van der Waals surface area (Å²) in [5.74, 6) is 0.839. The number of nitro benzene ring substituents is 1. The second-order valence-electron chi connectivity index (χ2n) is 6.43. The van der Waals surface area contributed by atoms with Crippen LogP contribution in [0.1, 0.15) is 43.8 Å². The molecule has 1 aromatic carbocycles. The van der Waals surface area contributed by atoms with Gasteiger partial charge < -0.3 is 15.2 Å². The number of aryl methyl sites for hydroxylation is 1. The summed E-state index contributed by atoms with van der Waals surface area (Å²) < 4.78 is 5.07. The highest BCUT2D eigenvalue weighted by atomic mass is 16.6. The molecule has 1 fully saturated rings. The SMILES string of the molecule is Cc1nc(C2(NC(=O)CCNc3ccccc3[N+](=O)[O-])CCCC2)no1. The van der Waals surface area contributed by atoms with Crippen molar-refractivity contribution in [3.8, 4) is 0 Å². The van der Waals surface area contributed by atoms with Crippen LogP contribution in [0.3, 0.4) is 0 Å². The predicted molar refractivity (Wildman–Crippen MR) is 93.5 cm³/mol. The van der Waals surface area contributed by atoms with Gasteiger partial charge in [-0.2, -0.15) is 4.98 Å². The second kappa shape index (κ2) is 7.51. The Hall–Kier alpha value is -2.97. The third-order valence-corrected chi connectivity index (χ3v) is 4.56. The molecule has 0 bridgehead atoms. The van der Waals surface area contributed by atoms with Gasteiger partial charge in [0, 0.05) is 26.0 Å². The number of hydrogen-bond donors (Lipinski definition) is 2. The molecule has 0 aliphatic heterocycles. The van der Waals surface area contributed by atoms with Crippen LogP contribution in [0.5, 0.6) is 0 Å². The number of nitrogens with one attached hydrogen (secondary N) is 2. The topological polar surface area (TPSA) is 123 Å². The van der Waals surface area contributed by atoms with Crippen LogP contribution < -0.4 is 10.6 Å². The molecule has 1 aromatic heterocycles. The Balaban J connectivity index is 1.59. The van der Waals surface area contributed by atoms with Gasteiger partial charge in [-0.15, -0.1) is 0 Å². The lowest BCUT2D eigenvalue weighted by Crippen LogP contribution is -2.45. The molecule has 0 radical (unpaired) electrons. The third-order valence-electron chi connectivity index (χ3n) is 4.56. The Bertz CT molecular complexity index is 798. The predicted octanol–water partition coefficient (Wildman–Crippen LogP) is 2.67. The number of hydrogen-bond acceptors (Lipinski definition) is 7. The number of nitro groups is 1. The molecule has 1 heterocycles. The third kappa shape index (κ3) is 3.81. The summed E-state index contributed by atoms with van der Waals surface area (Å²) in [6, 6.07) is 6.36. The minimum Gasteiger partial charge on any atom is -0.379 e. The number of rotatable bonds is 7. The number of carbonyl (C=O) groups is 1. The van der Waals surface area contributed by atoms with Crippen LogP contribution >= 0.6 is 0 Å². The maximum Gasteiger partial charge on any atom is 0.292 e. The van der Waals surface area contributed by atoms with E-state index < -0.39 is 10.5 Å². The van der Waals surface area contributed by atoms with Crippen molar-refractivity contribution < 1.29 is 14.2 Å². The largest absolute Gasteiger partial charge is 0.379 e. The Kier molecular flexibility index (Phi) is 5.15. The number of benzene rings is 1. The van der Waals surface area contributed by atoms with Gasteiger partial charge in [-0.3, -0.25) is 14.9 Å². The van der Waals surface area contributed by atoms with E-state index in [-0.39, 0.29) is 24.6 Å². The molecule has 3 rings (SSSR count). The molecule has 1 aliphatic carbocycles. The number of amides is 1. The molecule has 1 amide bonds. The van der Waals surface area contributed by atoms with E-state index in [1.54, 1.807) is 25.1 Å². The van der Waals surface area contributed by atoms with Gasteiger partial charge in [0.25, 0.3) is 5.69 Å². The van der Waals surface area contributed by atoms with E-state index in [1.165, 1.54) is 6.07 Å². The Morgan fingerprint density at radius 2 is 2.08 bits per heavy atom.